The Morgan fingerprint density at radius 3 is 2.48 bits per heavy atom. The van der Waals surface area contributed by atoms with Gasteiger partial charge in [0.25, 0.3) is 5.91 Å². The van der Waals surface area contributed by atoms with Crippen molar-refractivity contribution in [1.29, 1.82) is 0 Å². The quantitative estimate of drug-likeness (QED) is 0.644. The minimum Gasteiger partial charge on any atom is -0.494 e. The lowest BCUT2D eigenvalue weighted by Gasteiger charge is -2.08. The molecule has 0 unspecified atom stereocenters. The number of anilines is 1. The van der Waals surface area contributed by atoms with E-state index in [2.05, 4.69) is 10.3 Å². The second kappa shape index (κ2) is 6.53. The fraction of sp³-hybridized carbons (Fsp3) is 0.0667. The van der Waals surface area contributed by atoms with E-state index in [1.165, 1.54) is 30.6 Å². The number of nitrogens with zero attached hydrogens (tertiary/aromatic N) is 1. The van der Waals surface area contributed by atoms with Crippen molar-refractivity contribution in [2.24, 2.45) is 0 Å². The summed E-state index contributed by atoms with van der Waals surface area (Å²) in [5, 5.41) is 4.22. The number of para-hydroxylation sites is 1. The van der Waals surface area contributed by atoms with Crippen LogP contribution in [0.3, 0.4) is 0 Å². The molecule has 0 aliphatic heterocycles. The highest BCUT2D eigenvalue weighted by Crippen LogP contribution is 2.35. The molecule has 2 aromatic carbocycles. The zero-order valence-electron chi connectivity index (χ0n) is 11.7. The summed E-state index contributed by atoms with van der Waals surface area (Å²) < 4.78 is 5.95. The first-order valence-corrected chi connectivity index (χ1v) is 8.34. The maximum absolute atomic E-state index is 12.3. The van der Waals surface area contributed by atoms with Gasteiger partial charge in [0, 0.05) is 5.56 Å². The normalized spacial score (nSPS) is 10.8. The molecule has 4 nitrogen and oxygen atoms in total. The van der Waals surface area contributed by atoms with Crippen LogP contribution in [0.5, 0.6) is 5.75 Å². The molecule has 23 heavy (non-hydrogen) atoms. The number of hydrogen-bond acceptors (Lipinski definition) is 4. The van der Waals surface area contributed by atoms with Crippen LogP contribution in [-0.4, -0.2) is 18.0 Å². The van der Waals surface area contributed by atoms with Crippen molar-refractivity contribution < 1.29 is 9.53 Å². The number of carbonyl (C=O) groups excluding carboxylic acids is 1. The maximum atomic E-state index is 12.3. The van der Waals surface area contributed by atoms with E-state index in [1.807, 2.05) is 12.1 Å². The smallest absolute Gasteiger partial charge is 0.257 e. The van der Waals surface area contributed by atoms with Crippen molar-refractivity contribution in [1.82, 2.24) is 4.98 Å². The molecule has 0 spiro atoms. The SMILES string of the molecule is COc1c(Cl)cc(C(=O)Nc2nc3c(Cl)cccc3s2)cc1Cl. The zero-order valence-corrected chi connectivity index (χ0v) is 14.8. The molecule has 1 aromatic heterocycles. The third-order valence-corrected chi connectivity index (χ3v) is 4.86. The van der Waals surface area contributed by atoms with Crippen molar-refractivity contribution in [3.8, 4) is 5.75 Å². The van der Waals surface area contributed by atoms with Gasteiger partial charge in [-0.1, -0.05) is 52.2 Å². The van der Waals surface area contributed by atoms with Crippen molar-refractivity contribution in [3.05, 3.63) is 51.0 Å². The summed E-state index contributed by atoms with van der Waals surface area (Å²) in [5.41, 5.74) is 0.964. The number of nitrogens with one attached hydrogen (secondary N) is 1. The summed E-state index contributed by atoms with van der Waals surface area (Å²) >= 11 is 19.5. The number of ether oxygens (including phenoxy) is 1. The second-order valence-corrected chi connectivity index (χ2v) is 6.79. The molecule has 118 valence electrons. The first-order valence-electron chi connectivity index (χ1n) is 6.39. The minimum absolute atomic E-state index is 0.262. The number of amides is 1. The van der Waals surface area contributed by atoms with Gasteiger partial charge in [-0.05, 0) is 24.3 Å². The summed E-state index contributed by atoms with van der Waals surface area (Å²) in [6.07, 6.45) is 0. The Kier molecular flexibility index (Phi) is 4.64. The molecule has 0 saturated carbocycles. The molecule has 3 rings (SSSR count). The topological polar surface area (TPSA) is 51.2 Å². The Bertz CT molecular complexity index is 888. The highest BCUT2D eigenvalue weighted by molar-refractivity contribution is 7.22. The third-order valence-electron chi connectivity index (χ3n) is 3.05. The van der Waals surface area contributed by atoms with Crippen molar-refractivity contribution in [2.75, 3.05) is 12.4 Å². The lowest BCUT2D eigenvalue weighted by Crippen LogP contribution is -2.11. The molecule has 0 fully saturated rings. The highest BCUT2D eigenvalue weighted by atomic mass is 35.5. The summed E-state index contributed by atoms with van der Waals surface area (Å²) in [6.45, 7) is 0. The molecular weight excluding hydrogens is 379 g/mol. The Labute approximate surface area is 150 Å². The molecule has 0 radical (unpaired) electrons. The number of aromatic nitrogens is 1. The standard InChI is InChI=1S/C15H9Cl3N2O2S/c1-22-13-9(17)5-7(6-10(13)18)14(21)20-15-19-12-8(16)3-2-4-11(12)23-15/h2-6H,1H3,(H,19,20,21). The van der Waals surface area contributed by atoms with Crippen LogP contribution in [0.15, 0.2) is 30.3 Å². The van der Waals surface area contributed by atoms with Crippen LogP contribution in [0, 0.1) is 0 Å². The predicted octanol–water partition coefficient (Wildman–Crippen LogP) is 5.52. The van der Waals surface area contributed by atoms with Crippen LogP contribution >= 0.6 is 46.1 Å². The predicted molar refractivity (Wildman–Crippen MR) is 95.6 cm³/mol. The number of carbonyl (C=O) groups is 1. The van der Waals surface area contributed by atoms with Gasteiger partial charge < -0.3 is 4.74 Å². The van der Waals surface area contributed by atoms with E-state index in [4.69, 9.17) is 39.5 Å². The van der Waals surface area contributed by atoms with Crippen molar-refractivity contribution in [2.45, 2.75) is 0 Å². The number of halogens is 3. The number of hydrogen-bond donors (Lipinski definition) is 1. The molecule has 8 heteroatoms. The Morgan fingerprint density at radius 2 is 1.87 bits per heavy atom. The van der Waals surface area contributed by atoms with Gasteiger partial charge in [0.15, 0.2) is 10.9 Å². The zero-order chi connectivity index (χ0) is 16.6. The minimum atomic E-state index is -0.369. The van der Waals surface area contributed by atoms with Gasteiger partial charge in [-0.2, -0.15) is 0 Å². The van der Waals surface area contributed by atoms with Gasteiger partial charge in [-0.3, -0.25) is 10.1 Å². The number of fused-ring (bicyclic) bond motifs is 1. The number of benzene rings is 2. The van der Waals surface area contributed by atoms with Gasteiger partial charge >= 0.3 is 0 Å². The fourth-order valence-corrected chi connectivity index (χ4v) is 3.83. The third kappa shape index (κ3) is 3.23. The fourth-order valence-electron chi connectivity index (χ4n) is 2.02. The molecule has 1 heterocycles. The van der Waals surface area contributed by atoms with Gasteiger partial charge in [0.2, 0.25) is 0 Å². The first kappa shape index (κ1) is 16.3. The van der Waals surface area contributed by atoms with Crippen molar-refractivity contribution in [3.63, 3.8) is 0 Å². The molecule has 0 aliphatic rings. The number of methoxy groups -OCH3 is 1. The van der Waals surface area contributed by atoms with Crippen LogP contribution in [0.2, 0.25) is 15.1 Å². The van der Waals surface area contributed by atoms with E-state index >= 15 is 0 Å². The van der Waals surface area contributed by atoms with Crippen LogP contribution in [-0.2, 0) is 0 Å². The van der Waals surface area contributed by atoms with E-state index < -0.39 is 0 Å². The number of rotatable bonds is 3. The molecular formula is C15H9Cl3N2O2S. The summed E-state index contributed by atoms with van der Waals surface area (Å²) in [7, 11) is 1.46. The maximum Gasteiger partial charge on any atom is 0.257 e. The Morgan fingerprint density at radius 1 is 1.17 bits per heavy atom. The van der Waals surface area contributed by atoms with Gasteiger partial charge in [0.05, 0.1) is 26.9 Å². The van der Waals surface area contributed by atoms with E-state index in [0.717, 1.165) is 4.70 Å². The molecule has 0 atom stereocenters. The van der Waals surface area contributed by atoms with E-state index in [9.17, 15) is 4.79 Å². The first-order chi connectivity index (χ1) is 11.0. The van der Waals surface area contributed by atoms with E-state index in [-0.39, 0.29) is 16.0 Å². The lowest BCUT2D eigenvalue weighted by atomic mass is 10.2. The summed E-state index contributed by atoms with van der Waals surface area (Å²) in [5.74, 6) is -0.0386. The van der Waals surface area contributed by atoms with Crippen LogP contribution in [0.25, 0.3) is 10.2 Å². The second-order valence-electron chi connectivity index (χ2n) is 4.53. The molecule has 1 N–H and O–H groups in total. The highest BCUT2D eigenvalue weighted by Gasteiger charge is 2.15. The van der Waals surface area contributed by atoms with Gasteiger partial charge in [-0.15, -0.1) is 0 Å². The Balaban J connectivity index is 1.90. The van der Waals surface area contributed by atoms with E-state index in [0.29, 0.717) is 27.0 Å². The van der Waals surface area contributed by atoms with Crippen LogP contribution < -0.4 is 10.1 Å². The lowest BCUT2D eigenvalue weighted by molar-refractivity contribution is 0.102. The molecule has 1 amide bonds. The molecule has 0 saturated heterocycles. The van der Waals surface area contributed by atoms with Gasteiger partial charge in [-0.25, -0.2) is 4.98 Å². The average molecular weight is 388 g/mol. The largest absolute Gasteiger partial charge is 0.494 e. The van der Waals surface area contributed by atoms with Crippen LogP contribution in [0.4, 0.5) is 5.13 Å². The molecule has 3 aromatic rings. The molecule has 0 bridgehead atoms. The average Bonchev–Trinajstić information content (AvgIpc) is 2.91. The summed E-state index contributed by atoms with van der Waals surface area (Å²) in [4.78, 5) is 16.7. The monoisotopic (exact) mass is 386 g/mol. The van der Waals surface area contributed by atoms with Crippen LogP contribution in [0.1, 0.15) is 10.4 Å². The van der Waals surface area contributed by atoms with E-state index in [1.54, 1.807) is 6.07 Å². The van der Waals surface area contributed by atoms with Gasteiger partial charge in [0.1, 0.15) is 5.52 Å². The Hall–Kier alpha value is -1.53. The summed E-state index contributed by atoms with van der Waals surface area (Å²) in [6, 6.07) is 8.44. The number of thiazole rings is 1. The molecule has 0 aliphatic carbocycles. The van der Waals surface area contributed by atoms with Crippen molar-refractivity contribution >= 4 is 67.4 Å².